The van der Waals surface area contributed by atoms with Crippen molar-refractivity contribution >= 4 is 34.8 Å². The molecule has 0 aromatic heterocycles. The first-order valence-electron chi connectivity index (χ1n) is 10.7. The highest BCUT2D eigenvalue weighted by molar-refractivity contribution is 6.51. The molecule has 1 atom stereocenters. The number of anilines is 1. The van der Waals surface area contributed by atoms with Gasteiger partial charge in [0.15, 0.2) is 0 Å². The molecular formula is C26H20N2O8. The van der Waals surface area contributed by atoms with E-state index in [1.54, 1.807) is 30.3 Å². The topological polar surface area (TPSA) is 136 Å². The molecule has 1 aliphatic heterocycles. The zero-order valence-electron chi connectivity index (χ0n) is 19.2. The van der Waals surface area contributed by atoms with Crippen molar-refractivity contribution in [3.05, 3.63) is 105 Å². The number of nitrogens with zero attached hydrogens (tertiary/aromatic N) is 2. The molecular weight excluding hydrogens is 468 g/mol. The number of nitro groups is 1. The summed E-state index contributed by atoms with van der Waals surface area (Å²) in [7, 11) is 2.65. The van der Waals surface area contributed by atoms with Gasteiger partial charge in [0.1, 0.15) is 11.5 Å². The van der Waals surface area contributed by atoms with Gasteiger partial charge in [-0.25, -0.2) is 4.79 Å². The van der Waals surface area contributed by atoms with Crippen molar-refractivity contribution in [2.75, 3.05) is 19.1 Å². The molecule has 1 fully saturated rings. The Morgan fingerprint density at radius 2 is 1.67 bits per heavy atom. The second kappa shape index (κ2) is 9.71. The van der Waals surface area contributed by atoms with Gasteiger partial charge in [-0.2, -0.15) is 0 Å². The van der Waals surface area contributed by atoms with E-state index in [9.17, 15) is 29.6 Å². The highest BCUT2D eigenvalue weighted by atomic mass is 16.6. The number of amides is 1. The van der Waals surface area contributed by atoms with Crippen molar-refractivity contribution < 1.29 is 33.9 Å². The van der Waals surface area contributed by atoms with Crippen molar-refractivity contribution in [1.29, 1.82) is 0 Å². The normalized spacial score (nSPS) is 16.6. The fourth-order valence-electron chi connectivity index (χ4n) is 4.08. The zero-order valence-corrected chi connectivity index (χ0v) is 19.2. The summed E-state index contributed by atoms with van der Waals surface area (Å²) in [5.74, 6) is -2.69. The van der Waals surface area contributed by atoms with Gasteiger partial charge in [-0.3, -0.25) is 24.6 Å². The summed E-state index contributed by atoms with van der Waals surface area (Å²) in [4.78, 5) is 50.3. The summed E-state index contributed by atoms with van der Waals surface area (Å²) in [5.41, 5.74) is 0.465. The lowest BCUT2D eigenvalue weighted by Crippen LogP contribution is -2.29. The molecule has 0 bridgehead atoms. The van der Waals surface area contributed by atoms with E-state index in [0.717, 1.165) is 0 Å². The van der Waals surface area contributed by atoms with Crippen LogP contribution in [0.25, 0.3) is 5.76 Å². The number of methoxy groups -OCH3 is 2. The predicted molar refractivity (Wildman–Crippen MR) is 129 cm³/mol. The Balaban J connectivity index is 1.95. The second-order valence-corrected chi connectivity index (χ2v) is 7.76. The minimum absolute atomic E-state index is 0.113. The Bertz CT molecular complexity index is 1410. The average Bonchev–Trinajstić information content (AvgIpc) is 3.17. The highest BCUT2D eigenvalue weighted by Gasteiger charge is 2.48. The van der Waals surface area contributed by atoms with Crippen LogP contribution in [-0.2, 0) is 14.3 Å². The molecule has 1 heterocycles. The number of esters is 1. The number of ketones is 1. The molecule has 0 aliphatic carbocycles. The van der Waals surface area contributed by atoms with Crippen LogP contribution in [0.5, 0.6) is 5.75 Å². The maximum Gasteiger partial charge on any atom is 0.337 e. The summed E-state index contributed by atoms with van der Waals surface area (Å²) in [6, 6.07) is 16.5. The molecule has 1 N–H and O–H groups in total. The largest absolute Gasteiger partial charge is 0.507 e. The SMILES string of the molecule is COC(=O)c1cccc(N2C(=O)C(=O)/C(=C(/O)c3ccc([N+](=O)[O-])cc3)C2c2ccccc2OC)c1. The van der Waals surface area contributed by atoms with Crippen molar-refractivity contribution in [2.24, 2.45) is 0 Å². The number of non-ortho nitro benzene ring substituents is 1. The van der Waals surface area contributed by atoms with Crippen LogP contribution >= 0.6 is 0 Å². The summed E-state index contributed by atoms with van der Waals surface area (Å²) >= 11 is 0. The van der Waals surface area contributed by atoms with Crippen LogP contribution in [0.4, 0.5) is 11.4 Å². The van der Waals surface area contributed by atoms with Gasteiger partial charge in [0.2, 0.25) is 0 Å². The maximum absolute atomic E-state index is 13.3. The number of Topliss-reactive ketones (excluding diaryl/α,β-unsaturated/α-hetero) is 1. The van der Waals surface area contributed by atoms with Gasteiger partial charge in [0.25, 0.3) is 17.4 Å². The van der Waals surface area contributed by atoms with E-state index >= 15 is 0 Å². The number of ether oxygens (including phenoxy) is 2. The molecule has 0 radical (unpaired) electrons. The third-order valence-corrected chi connectivity index (χ3v) is 5.77. The first-order chi connectivity index (χ1) is 17.3. The number of rotatable bonds is 6. The quantitative estimate of drug-likeness (QED) is 0.137. The Hall–Kier alpha value is -4.99. The Morgan fingerprint density at radius 1 is 0.972 bits per heavy atom. The van der Waals surface area contributed by atoms with Gasteiger partial charge in [0.05, 0.1) is 36.3 Å². The lowest BCUT2D eigenvalue weighted by atomic mass is 9.94. The maximum atomic E-state index is 13.3. The van der Waals surface area contributed by atoms with Gasteiger partial charge in [-0.05, 0) is 36.4 Å². The number of aliphatic hydroxyl groups is 1. The molecule has 0 spiro atoms. The van der Waals surface area contributed by atoms with Crippen LogP contribution in [0, 0.1) is 10.1 Å². The lowest BCUT2D eigenvalue weighted by Gasteiger charge is -2.27. The van der Waals surface area contributed by atoms with Gasteiger partial charge in [-0.1, -0.05) is 24.3 Å². The monoisotopic (exact) mass is 488 g/mol. The summed E-state index contributed by atoms with van der Waals surface area (Å²) in [6.45, 7) is 0. The molecule has 1 aliphatic rings. The molecule has 3 aromatic carbocycles. The average molecular weight is 488 g/mol. The molecule has 10 heteroatoms. The van der Waals surface area contributed by atoms with Gasteiger partial charge in [0, 0.05) is 28.9 Å². The standard InChI is InChI=1S/C26H20N2O8/c1-35-20-9-4-3-8-19(20)22-21(23(29)15-10-12-17(13-11-15)28(33)34)24(30)25(31)27(22)18-7-5-6-16(14-18)26(32)36-2/h3-14,22,29H,1-2H3/b23-21+. The Kier molecular flexibility index (Phi) is 6.51. The lowest BCUT2D eigenvalue weighted by molar-refractivity contribution is -0.384. The molecule has 1 amide bonds. The van der Waals surface area contributed by atoms with Crippen LogP contribution in [0.2, 0.25) is 0 Å². The van der Waals surface area contributed by atoms with Crippen LogP contribution in [0.3, 0.4) is 0 Å². The van der Waals surface area contributed by atoms with Gasteiger partial charge in [-0.15, -0.1) is 0 Å². The van der Waals surface area contributed by atoms with E-state index in [0.29, 0.717) is 11.3 Å². The molecule has 182 valence electrons. The van der Waals surface area contributed by atoms with Crippen LogP contribution < -0.4 is 9.64 Å². The summed E-state index contributed by atoms with van der Waals surface area (Å²) < 4.78 is 10.2. The van der Waals surface area contributed by atoms with E-state index in [1.807, 2.05) is 0 Å². The van der Waals surface area contributed by atoms with E-state index in [4.69, 9.17) is 9.47 Å². The first-order valence-corrected chi connectivity index (χ1v) is 10.7. The molecule has 0 saturated carbocycles. The number of nitro benzene ring substituents is 1. The fourth-order valence-corrected chi connectivity index (χ4v) is 4.08. The van der Waals surface area contributed by atoms with Crippen LogP contribution in [0.15, 0.2) is 78.4 Å². The molecule has 1 unspecified atom stereocenters. The minimum Gasteiger partial charge on any atom is -0.507 e. The number of para-hydroxylation sites is 1. The number of hydrogen-bond donors (Lipinski definition) is 1. The van der Waals surface area contributed by atoms with Crippen LogP contribution in [-0.4, -0.2) is 41.9 Å². The predicted octanol–water partition coefficient (Wildman–Crippen LogP) is 4.02. The number of hydrogen-bond acceptors (Lipinski definition) is 8. The summed E-state index contributed by atoms with van der Waals surface area (Å²) in [5, 5.41) is 22.2. The highest BCUT2D eigenvalue weighted by Crippen LogP contribution is 2.45. The van der Waals surface area contributed by atoms with Crippen molar-refractivity contribution in [3.63, 3.8) is 0 Å². The van der Waals surface area contributed by atoms with Crippen molar-refractivity contribution in [3.8, 4) is 5.75 Å². The van der Waals surface area contributed by atoms with E-state index in [1.165, 1.54) is 61.6 Å². The van der Waals surface area contributed by atoms with Crippen LogP contribution in [0.1, 0.15) is 27.5 Å². The van der Waals surface area contributed by atoms with E-state index < -0.39 is 34.4 Å². The molecule has 10 nitrogen and oxygen atoms in total. The van der Waals surface area contributed by atoms with Crippen molar-refractivity contribution in [2.45, 2.75) is 6.04 Å². The Morgan fingerprint density at radius 3 is 2.31 bits per heavy atom. The molecule has 1 saturated heterocycles. The third-order valence-electron chi connectivity index (χ3n) is 5.77. The van der Waals surface area contributed by atoms with Gasteiger partial charge >= 0.3 is 5.97 Å². The summed E-state index contributed by atoms with van der Waals surface area (Å²) in [6.07, 6.45) is 0. The molecule has 3 aromatic rings. The first kappa shape index (κ1) is 24.1. The number of carbonyl (C=O) groups is 3. The molecule has 4 rings (SSSR count). The Labute approximate surface area is 205 Å². The minimum atomic E-state index is -1.12. The van der Waals surface area contributed by atoms with E-state index in [2.05, 4.69) is 0 Å². The third kappa shape index (κ3) is 4.16. The number of aliphatic hydroxyl groups excluding tert-OH is 1. The molecule has 36 heavy (non-hydrogen) atoms. The fraction of sp³-hybridized carbons (Fsp3) is 0.115. The number of carbonyl (C=O) groups excluding carboxylic acids is 3. The van der Waals surface area contributed by atoms with E-state index in [-0.39, 0.29) is 28.1 Å². The van der Waals surface area contributed by atoms with Gasteiger partial charge < -0.3 is 14.6 Å². The smallest absolute Gasteiger partial charge is 0.337 e. The second-order valence-electron chi connectivity index (χ2n) is 7.76. The number of benzene rings is 3. The zero-order chi connectivity index (χ0) is 26.0. The van der Waals surface area contributed by atoms with Crippen molar-refractivity contribution in [1.82, 2.24) is 0 Å².